The second-order valence-electron chi connectivity index (χ2n) is 9.97. The van der Waals surface area contributed by atoms with Crippen LogP contribution >= 0.6 is 11.6 Å². The monoisotopic (exact) mass is 639 g/mol. The minimum Gasteiger partial charge on any atom is -0.316 e. The van der Waals surface area contributed by atoms with Crippen LogP contribution in [0.3, 0.4) is 0 Å². The molecule has 224 valence electrons. The Morgan fingerprint density at radius 2 is 1.44 bits per heavy atom. The lowest BCUT2D eigenvalue weighted by Gasteiger charge is -2.38. The van der Waals surface area contributed by atoms with Crippen LogP contribution in [0.5, 0.6) is 0 Å². The average Bonchev–Trinajstić information content (AvgIpc) is 3.29. The first-order chi connectivity index (χ1) is 20.5. The van der Waals surface area contributed by atoms with Gasteiger partial charge in [-0.3, -0.25) is 4.79 Å². The van der Waals surface area contributed by atoms with Crippen molar-refractivity contribution in [3.63, 3.8) is 0 Å². The molecule has 3 aromatic carbocycles. The van der Waals surface area contributed by atoms with E-state index in [1.807, 2.05) is 42.7 Å². The summed E-state index contributed by atoms with van der Waals surface area (Å²) in [5.41, 5.74) is 5.67. The maximum atomic E-state index is 13.6. The van der Waals surface area contributed by atoms with Gasteiger partial charge in [-0.05, 0) is 56.3 Å². The summed E-state index contributed by atoms with van der Waals surface area (Å²) < 4.78 is 58.1. The number of carbonyl (C=O) groups is 1. The number of nitrogens with zero attached hydrogens (tertiary/aromatic N) is 4. The molecular weight excluding hydrogens is 610 g/mol. The molecule has 1 aliphatic heterocycles. The second kappa shape index (κ2) is 12.4. The third-order valence-electron chi connectivity index (χ3n) is 7.27. The number of carbonyl (C=O) groups excluding carboxylic acids is 1. The summed E-state index contributed by atoms with van der Waals surface area (Å²) in [6.45, 7) is 3.09. The van der Waals surface area contributed by atoms with Gasteiger partial charge in [-0.25, -0.2) is 22.3 Å². The molecule has 13 heteroatoms. The van der Waals surface area contributed by atoms with Crippen molar-refractivity contribution < 1.29 is 21.6 Å². The van der Waals surface area contributed by atoms with Gasteiger partial charge in [0.25, 0.3) is 5.91 Å². The first kappa shape index (κ1) is 30.6. The summed E-state index contributed by atoms with van der Waals surface area (Å²) in [6.07, 6.45) is 1.46. The van der Waals surface area contributed by atoms with Gasteiger partial charge in [-0.2, -0.15) is 13.7 Å². The van der Waals surface area contributed by atoms with Gasteiger partial charge in [0.2, 0.25) is 20.0 Å². The van der Waals surface area contributed by atoms with E-state index in [0.29, 0.717) is 10.6 Å². The Kier molecular flexibility index (Phi) is 8.86. The maximum absolute atomic E-state index is 13.6. The highest BCUT2D eigenvalue weighted by molar-refractivity contribution is 7.89. The van der Waals surface area contributed by atoms with E-state index < -0.39 is 32.0 Å². The van der Waals surface area contributed by atoms with Crippen LogP contribution in [0.4, 0.5) is 0 Å². The molecule has 43 heavy (non-hydrogen) atoms. The van der Waals surface area contributed by atoms with E-state index in [9.17, 15) is 21.6 Å². The van der Waals surface area contributed by atoms with Gasteiger partial charge in [-0.1, -0.05) is 60.1 Å². The van der Waals surface area contributed by atoms with E-state index >= 15 is 0 Å². The SMILES string of the molecule is Cc1cc(/C=N\NC(=O)[C@H]2CN(S(=O)(=O)c3ccccc3)CCN2S(=O)(=O)c2ccccc2)c(C)n1-c1ccccc1Cl. The minimum atomic E-state index is -4.13. The summed E-state index contributed by atoms with van der Waals surface area (Å²) in [5, 5.41) is 4.70. The van der Waals surface area contributed by atoms with Crippen molar-refractivity contribution in [2.24, 2.45) is 5.10 Å². The standard InChI is InChI=1S/C30H30ClN5O5S2/c1-22-19-24(23(2)36(22)28-16-10-9-15-27(28)31)20-32-33-30(37)29-21-34(42(38,39)25-11-5-3-6-12-25)17-18-35(29)43(40,41)26-13-7-4-8-14-26/h3-16,19-20,29H,17-18,21H2,1-2H3,(H,33,37)/b32-20-/t29-/m1/s1. The molecule has 0 saturated carbocycles. The number of nitrogens with one attached hydrogen (secondary N) is 1. The summed E-state index contributed by atoms with van der Waals surface area (Å²) >= 11 is 6.41. The van der Waals surface area contributed by atoms with Gasteiger partial charge < -0.3 is 4.57 Å². The van der Waals surface area contributed by atoms with Crippen molar-refractivity contribution in [3.05, 3.63) is 113 Å². The molecule has 0 unspecified atom stereocenters. The van der Waals surface area contributed by atoms with Crippen LogP contribution in [0.1, 0.15) is 17.0 Å². The summed E-state index contributed by atoms with van der Waals surface area (Å²) in [7, 11) is -8.11. The van der Waals surface area contributed by atoms with E-state index in [1.165, 1.54) is 30.5 Å². The zero-order valence-electron chi connectivity index (χ0n) is 23.5. The first-order valence-electron chi connectivity index (χ1n) is 13.4. The van der Waals surface area contributed by atoms with Crippen molar-refractivity contribution in [2.45, 2.75) is 29.7 Å². The number of amides is 1. The minimum absolute atomic E-state index is 0.00248. The van der Waals surface area contributed by atoms with Crippen molar-refractivity contribution in [1.82, 2.24) is 18.6 Å². The maximum Gasteiger partial charge on any atom is 0.259 e. The van der Waals surface area contributed by atoms with Gasteiger partial charge in [0.15, 0.2) is 0 Å². The molecule has 1 fully saturated rings. The van der Waals surface area contributed by atoms with Crippen molar-refractivity contribution >= 4 is 43.8 Å². The highest BCUT2D eigenvalue weighted by atomic mass is 35.5. The van der Waals surface area contributed by atoms with E-state index in [4.69, 9.17) is 11.6 Å². The molecule has 1 saturated heterocycles. The second-order valence-corrected chi connectivity index (χ2v) is 14.2. The number of benzene rings is 3. The third-order valence-corrected chi connectivity index (χ3v) is 11.4. The lowest BCUT2D eigenvalue weighted by molar-refractivity contribution is -0.125. The van der Waals surface area contributed by atoms with Crippen molar-refractivity contribution in [2.75, 3.05) is 19.6 Å². The Balaban J connectivity index is 1.42. The molecule has 0 aliphatic carbocycles. The quantitative estimate of drug-likeness (QED) is 0.231. The number of hydrogen-bond acceptors (Lipinski definition) is 6. The molecule has 2 heterocycles. The summed E-state index contributed by atoms with van der Waals surface area (Å²) in [6, 6.07) is 23.5. The molecule has 0 radical (unpaired) electrons. The van der Waals surface area contributed by atoms with Crippen LogP contribution in [-0.2, 0) is 24.8 Å². The Morgan fingerprint density at radius 1 is 0.860 bits per heavy atom. The zero-order valence-corrected chi connectivity index (χ0v) is 25.8. The molecule has 10 nitrogen and oxygen atoms in total. The number of para-hydroxylation sites is 1. The molecule has 0 spiro atoms. The number of halogens is 1. The fourth-order valence-electron chi connectivity index (χ4n) is 5.09. The Morgan fingerprint density at radius 3 is 2.07 bits per heavy atom. The third kappa shape index (κ3) is 6.15. The Bertz CT molecular complexity index is 1880. The lowest BCUT2D eigenvalue weighted by atomic mass is 10.2. The van der Waals surface area contributed by atoms with Crippen LogP contribution in [-0.4, -0.2) is 67.8 Å². The molecule has 4 aromatic rings. The summed E-state index contributed by atoms with van der Waals surface area (Å²) in [4.78, 5) is 13.6. The molecular formula is C30H30ClN5O5S2. The predicted molar refractivity (Wildman–Crippen MR) is 165 cm³/mol. The van der Waals surface area contributed by atoms with Crippen molar-refractivity contribution in [3.8, 4) is 5.69 Å². The number of rotatable bonds is 8. The number of aryl methyl sites for hydroxylation is 1. The highest BCUT2D eigenvalue weighted by Gasteiger charge is 2.43. The number of piperazine rings is 1. The van der Waals surface area contributed by atoms with Gasteiger partial charge in [0.1, 0.15) is 6.04 Å². The van der Waals surface area contributed by atoms with Gasteiger partial charge in [0.05, 0.1) is 26.7 Å². The molecule has 1 aromatic heterocycles. The Labute approximate surface area is 256 Å². The van der Waals surface area contributed by atoms with Crippen LogP contribution < -0.4 is 5.43 Å². The molecule has 1 N–H and O–H groups in total. The van der Waals surface area contributed by atoms with Gasteiger partial charge in [-0.15, -0.1) is 0 Å². The molecule has 1 amide bonds. The normalized spacial score (nSPS) is 16.9. The smallest absolute Gasteiger partial charge is 0.259 e. The van der Waals surface area contributed by atoms with Crippen LogP contribution in [0.2, 0.25) is 5.02 Å². The van der Waals surface area contributed by atoms with E-state index in [1.54, 1.807) is 42.5 Å². The predicted octanol–water partition coefficient (Wildman–Crippen LogP) is 3.96. The lowest BCUT2D eigenvalue weighted by Crippen LogP contribution is -2.60. The van der Waals surface area contributed by atoms with Gasteiger partial charge in [0, 0.05) is 36.6 Å². The fraction of sp³-hybridized carbons (Fsp3) is 0.200. The average molecular weight is 640 g/mol. The number of aromatic nitrogens is 1. The first-order valence-corrected chi connectivity index (χ1v) is 16.7. The molecule has 1 aliphatic rings. The van der Waals surface area contributed by atoms with Crippen LogP contribution in [0.25, 0.3) is 5.69 Å². The largest absolute Gasteiger partial charge is 0.316 e. The van der Waals surface area contributed by atoms with Crippen molar-refractivity contribution in [1.29, 1.82) is 0 Å². The van der Waals surface area contributed by atoms with Gasteiger partial charge >= 0.3 is 0 Å². The topological polar surface area (TPSA) is 121 Å². The molecule has 0 bridgehead atoms. The Hall–Kier alpha value is -3.81. The van der Waals surface area contributed by atoms with E-state index in [2.05, 4.69) is 10.5 Å². The van der Waals surface area contributed by atoms with Crippen LogP contribution in [0, 0.1) is 13.8 Å². The van der Waals surface area contributed by atoms with Crippen LogP contribution in [0.15, 0.2) is 106 Å². The molecule has 1 atom stereocenters. The fourth-order valence-corrected chi connectivity index (χ4v) is 8.36. The highest BCUT2D eigenvalue weighted by Crippen LogP contribution is 2.27. The molecule has 5 rings (SSSR count). The number of sulfonamides is 2. The van der Waals surface area contributed by atoms with E-state index in [-0.39, 0.29) is 29.4 Å². The number of hydrazone groups is 1. The van der Waals surface area contributed by atoms with E-state index in [0.717, 1.165) is 25.7 Å². The zero-order chi connectivity index (χ0) is 30.8. The number of hydrogen-bond donors (Lipinski definition) is 1. The summed E-state index contributed by atoms with van der Waals surface area (Å²) in [5.74, 6) is -0.761.